The van der Waals surface area contributed by atoms with Crippen LogP contribution in [0.4, 0.5) is 0 Å². The van der Waals surface area contributed by atoms with Crippen LogP contribution in [0.1, 0.15) is 17.9 Å². The molecule has 1 unspecified atom stereocenters. The molecule has 1 aliphatic heterocycles. The summed E-state index contributed by atoms with van der Waals surface area (Å²) < 4.78 is 23.3. The Morgan fingerprint density at radius 1 is 1.33 bits per heavy atom. The van der Waals surface area contributed by atoms with E-state index in [1.165, 1.54) is 6.07 Å². The van der Waals surface area contributed by atoms with Gasteiger partial charge in [0.15, 0.2) is 9.84 Å². The Kier molecular flexibility index (Phi) is 2.26. The Labute approximate surface area is 87.5 Å². The van der Waals surface area contributed by atoms with E-state index in [9.17, 15) is 13.2 Å². The van der Waals surface area contributed by atoms with E-state index in [1.807, 2.05) is 0 Å². The average molecular weight is 226 g/mol. The van der Waals surface area contributed by atoms with Crippen molar-refractivity contribution in [3.63, 3.8) is 0 Å². The molecular formula is C10H10O4S. The fourth-order valence-corrected chi connectivity index (χ4v) is 3.47. The predicted octanol–water partition coefficient (Wildman–Crippen LogP) is 1.03. The summed E-state index contributed by atoms with van der Waals surface area (Å²) in [5, 5.41) is 8.96. The Hall–Kier alpha value is -1.36. The molecule has 80 valence electrons. The van der Waals surface area contributed by atoms with Crippen LogP contribution in [0.15, 0.2) is 29.2 Å². The predicted molar refractivity (Wildman–Crippen MR) is 53.5 cm³/mol. The number of rotatable bonds is 1. The number of carboxylic acids is 1. The van der Waals surface area contributed by atoms with Crippen LogP contribution in [0, 0.1) is 0 Å². The molecule has 0 radical (unpaired) electrons. The maximum atomic E-state index is 11.6. The van der Waals surface area contributed by atoms with Crippen LogP contribution in [-0.4, -0.2) is 25.2 Å². The SMILES string of the molecule is O=C(O)C1CCS(=O)(=O)c2ccccc21. The van der Waals surface area contributed by atoms with Gasteiger partial charge in [-0.1, -0.05) is 18.2 Å². The summed E-state index contributed by atoms with van der Waals surface area (Å²) in [5.74, 6) is -1.73. The summed E-state index contributed by atoms with van der Waals surface area (Å²) in [4.78, 5) is 11.1. The maximum absolute atomic E-state index is 11.6. The van der Waals surface area contributed by atoms with Crippen molar-refractivity contribution in [2.24, 2.45) is 0 Å². The van der Waals surface area contributed by atoms with Gasteiger partial charge in [0.25, 0.3) is 0 Å². The number of aliphatic carboxylic acids is 1. The molecule has 0 saturated carbocycles. The van der Waals surface area contributed by atoms with E-state index in [1.54, 1.807) is 18.2 Å². The lowest BCUT2D eigenvalue weighted by atomic mass is 9.96. The molecule has 1 heterocycles. The highest BCUT2D eigenvalue weighted by Crippen LogP contribution is 2.33. The van der Waals surface area contributed by atoms with Crippen molar-refractivity contribution in [2.45, 2.75) is 17.2 Å². The van der Waals surface area contributed by atoms with Crippen molar-refractivity contribution in [3.05, 3.63) is 29.8 Å². The fraction of sp³-hybridized carbons (Fsp3) is 0.300. The quantitative estimate of drug-likeness (QED) is 0.776. The number of fused-ring (bicyclic) bond motifs is 1. The second kappa shape index (κ2) is 3.34. The molecule has 0 aliphatic carbocycles. The first-order valence-corrected chi connectivity index (χ1v) is 6.22. The summed E-state index contributed by atoms with van der Waals surface area (Å²) >= 11 is 0. The largest absolute Gasteiger partial charge is 0.481 e. The lowest BCUT2D eigenvalue weighted by molar-refractivity contribution is -0.138. The topological polar surface area (TPSA) is 71.4 Å². The van der Waals surface area contributed by atoms with E-state index in [-0.39, 0.29) is 17.1 Å². The molecule has 0 aromatic heterocycles. The molecule has 1 aromatic carbocycles. The van der Waals surface area contributed by atoms with Gasteiger partial charge in [-0.05, 0) is 18.1 Å². The highest BCUT2D eigenvalue weighted by molar-refractivity contribution is 7.91. The zero-order valence-electron chi connectivity index (χ0n) is 7.88. The van der Waals surface area contributed by atoms with Crippen molar-refractivity contribution >= 4 is 15.8 Å². The molecule has 2 rings (SSSR count). The molecule has 0 spiro atoms. The van der Waals surface area contributed by atoms with Crippen LogP contribution in [0.5, 0.6) is 0 Å². The van der Waals surface area contributed by atoms with Gasteiger partial charge in [-0.2, -0.15) is 0 Å². The van der Waals surface area contributed by atoms with Gasteiger partial charge in [0.1, 0.15) is 0 Å². The minimum Gasteiger partial charge on any atom is -0.481 e. The van der Waals surface area contributed by atoms with Crippen LogP contribution < -0.4 is 0 Å². The summed E-state index contributed by atoms with van der Waals surface area (Å²) in [6.07, 6.45) is 0.161. The molecule has 1 atom stereocenters. The molecule has 4 nitrogen and oxygen atoms in total. The van der Waals surface area contributed by atoms with Gasteiger partial charge < -0.3 is 5.11 Å². The van der Waals surface area contributed by atoms with Crippen molar-refractivity contribution < 1.29 is 18.3 Å². The highest BCUT2D eigenvalue weighted by Gasteiger charge is 2.33. The first-order valence-electron chi connectivity index (χ1n) is 4.57. The van der Waals surface area contributed by atoms with E-state index in [2.05, 4.69) is 0 Å². The van der Waals surface area contributed by atoms with E-state index >= 15 is 0 Å². The van der Waals surface area contributed by atoms with Crippen molar-refractivity contribution in [1.82, 2.24) is 0 Å². The van der Waals surface area contributed by atoms with Crippen LogP contribution in [0.3, 0.4) is 0 Å². The molecule has 0 fully saturated rings. The second-order valence-electron chi connectivity index (χ2n) is 3.54. The first-order chi connectivity index (χ1) is 7.02. The summed E-state index contributed by atoms with van der Waals surface area (Å²) in [6, 6.07) is 6.32. The third kappa shape index (κ3) is 1.63. The van der Waals surface area contributed by atoms with E-state index < -0.39 is 21.7 Å². The van der Waals surface area contributed by atoms with Crippen LogP contribution in [0.2, 0.25) is 0 Å². The van der Waals surface area contributed by atoms with Crippen LogP contribution in [-0.2, 0) is 14.6 Å². The zero-order chi connectivity index (χ0) is 11.1. The monoisotopic (exact) mass is 226 g/mol. The van der Waals surface area contributed by atoms with Gasteiger partial charge in [0, 0.05) is 0 Å². The van der Waals surface area contributed by atoms with E-state index in [4.69, 9.17) is 5.11 Å². The zero-order valence-corrected chi connectivity index (χ0v) is 8.70. The van der Waals surface area contributed by atoms with Gasteiger partial charge >= 0.3 is 5.97 Å². The molecule has 15 heavy (non-hydrogen) atoms. The van der Waals surface area contributed by atoms with Gasteiger partial charge in [-0.3, -0.25) is 4.79 Å². The smallest absolute Gasteiger partial charge is 0.311 e. The van der Waals surface area contributed by atoms with E-state index in [0.717, 1.165) is 0 Å². The Balaban J connectivity index is 2.64. The molecule has 0 saturated heterocycles. The molecule has 0 bridgehead atoms. The summed E-state index contributed by atoms with van der Waals surface area (Å²) in [6.45, 7) is 0. The standard InChI is InChI=1S/C10H10O4S/c11-10(12)8-5-6-15(13,14)9-4-2-1-3-7(8)9/h1-4,8H,5-6H2,(H,11,12). The summed E-state index contributed by atoms with van der Waals surface area (Å²) in [5.41, 5.74) is 0.413. The number of carbonyl (C=O) groups is 1. The minimum atomic E-state index is -3.27. The van der Waals surface area contributed by atoms with Gasteiger partial charge in [-0.15, -0.1) is 0 Å². The van der Waals surface area contributed by atoms with Crippen molar-refractivity contribution in [3.8, 4) is 0 Å². The molecule has 1 aliphatic rings. The molecule has 5 heteroatoms. The average Bonchev–Trinajstić information content (AvgIpc) is 2.17. The highest BCUT2D eigenvalue weighted by atomic mass is 32.2. The number of benzene rings is 1. The molecule has 0 amide bonds. The third-order valence-corrected chi connectivity index (χ3v) is 4.42. The van der Waals surface area contributed by atoms with Crippen LogP contribution >= 0.6 is 0 Å². The molecule has 1 N–H and O–H groups in total. The molecular weight excluding hydrogens is 216 g/mol. The van der Waals surface area contributed by atoms with E-state index in [0.29, 0.717) is 5.56 Å². The third-order valence-electron chi connectivity index (χ3n) is 2.60. The van der Waals surface area contributed by atoms with Gasteiger partial charge in [-0.25, -0.2) is 8.42 Å². The first kappa shape index (κ1) is 10.2. The lowest BCUT2D eigenvalue weighted by Crippen LogP contribution is -2.24. The normalized spacial score (nSPS) is 23.1. The lowest BCUT2D eigenvalue weighted by Gasteiger charge is -2.21. The number of sulfone groups is 1. The Morgan fingerprint density at radius 2 is 2.00 bits per heavy atom. The van der Waals surface area contributed by atoms with Crippen molar-refractivity contribution in [2.75, 3.05) is 5.75 Å². The number of carboxylic acid groups (broad SMARTS) is 1. The Morgan fingerprint density at radius 3 is 2.67 bits per heavy atom. The number of hydrogen-bond acceptors (Lipinski definition) is 3. The summed E-state index contributed by atoms with van der Waals surface area (Å²) in [7, 11) is -3.27. The van der Waals surface area contributed by atoms with Gasteiger partial charge in [0.05, 0.1) is 16.6 Å². The fourth-order valence-electron chi connectivity index (χ4n) is 1.85. The van der Waals surface area contributed by atoms with Crippen molar-refractivity contribution in [1.29, 1.82) is 0 Å². The Bertz CT molecular complexity index is 504. The second-order valence-corrected chi connectivity index (χ2v) is 5.61. The number of hydrogen-bond donors (Lipinski definition) is 1. The van der Waals surface area contributed by atoms with Crippen LogP contribution in [0.25, 0.3) is 0 Å². The van der Waals surface area contributed by atoms with Gasteiger partial charge in [0.2, 0.25) is 0 Å². The molecule has 1 aromatic rings. The minimum absolute atomic E-state index is 0.0824. The maximum Gasteiger partial charge on any atom is 0.311 e.